The summed E-state index contributed by atoms with van der Waals surface area (Å²) >= 11 is 6.28. The number of benzene rings is 2. The lowest BCUT2D eigenvalue weighted by Crippen LogP contribution is -2.44. The minimum Gasteiger partial charge on any atom is -0.324 e. The van der Waals surface area contributed by atoms with Crippen LogP contribution in [0.3, 0.4) is 0 Å². The molecule has 118 valence electrons. The fourth-order valence-corrected chi connectivity index (χ4v) is 3.92. The van der Waals surface area contributed by atoms with Gasteiger partial charge in [0.2, 0.25) is 5.91 Å². The summed E-state index contributed by atoms with van der Waals surface area (Å²) in [5.41, 5.74) is 0.690. The van der Waals surface area contributed by atoms with E-state index in [1.165, 1.54) is 5.01 Å². The van der Waals surface area contributed by atoms with Gasteiger partial charge in [-0.3, -0.25) is 9.59 Å². The zero-order valence-corrected chi connectivity index (χ0v) is 14.3. The number of anilines is 1. The first-order chi connectivity index (χ1) is 11.0. The highest BCUT2D eigenvalue weighted by molar-refractivity contribution is 8.24. The van der Waals surface area contributed by atoms with E-state index in [1.807, 2.05) is 42.5 Å². The number of carbonyl (C=O) groups is 2. The van der Waals surface area contributed by atoms with Crippen LogP contribution in [0.15, 0.2) is 42.5 Å². The lowest BCUT2D eigenvalue weighted by molar-refractivity contribution is -0.137. The Morgan fingerprint density at radius 1 is 1.22 bits per heavy atom. The predicted octanol–water partition coefficient (Wildman–Crippen LogP) is 2.48. The van der Waals surface area contributed by atoms with E-state index < -0.39 is 5.25 Å². The van der Waals surface area contributed by atoms with Gasteiger partial charge in [-0.1, -0.05) is 60.4 Å². The highest BCUT2D eigenvalue weighted by Gasteiger charge is 2.43. The van der Waals surface area contributed by atoms with Crippen LogP contribution in [0.2, 0.25) is 0 Å². The van der Waals surface area contributed by atoms with E-state index in [1.54, 1.807) is 19.1 Å². The van der Waals surface area contributed by atoms with Gasteiger partial charge in [0, 0.05) is 25.2 Å². The van der Waals surface area contributed by atoms with Crippen LogP contribution in [0.1, 0.15) is 0 Å². The van der Waals surface area contributed by atoms with Gasteiger partial charge in [0.25, 0.3) is 5.91 Å². The zero-order valence-electron chi connectivity index (χ0n) is 12.6. The number of nitrogens with one attached hydrogen (secondary N) is 1. The highest BCUT2D eigenvalue weighted by atomic mass is 32.2. The van der Waals surface area contributed by atoms with Crippen LogP contribution in [0.25, 0.3) is 10.8 Å². The van der Waals surface area contributed by atoms with Crippen molar-refractivity contribution in [2.75, 3.05) is 19.4 Å². The second-order valence-corrected chi connectivity index (χ2v) is 7.02. The summed E-state index contributed by atoms with van der Waals surface area (Å²) in [5.74, 6) is -0.675. The Morgan fingerprint density at radius 3 is 2.61 bits per heavy atom. The van der Waals surface area contributed by atoms with Crippen molar-refractivity contribution in [3.05, 3.63) is 42.5 Å². The van der Waals surface area contributed by atoms with Crippen molar-refractivity contribution in [3.8, 4) is 0 Å². The van der Waals surface area contributed by atoms with E-state index in [9.17, 15) is 9.59 Å². The molecule has 5 nitrogen and oxygen atoms in total. The summed E-state index contributed by atoms with van der Waals surface area (Å²) < 4.78 is 0.387. The molecule has 2 aromatic rings. The Kier molecular flexibility index (Phi) is 4.34. The van der Waals surface area contributed by atoms with Gasteiger partial charge in [0.05, 0.1) is 0 Å². The van der Waals surface area contributed by atoms with E-state index >= 15 is 0 Å². The largest absolute Gasteiger partial charge is 0.324 e. The van der Waals surface area contributed by atoms with Crippen molar-refractivity contribution in [3.63, 3.8) is 0 Å². The van der Waals surface area contributed by atoms with Gasteiger partial charge in [0.1, 0.15) is 0 Å². The molecule has 0 saturated carbocycles. The topological polar surface area (TPSA) is 52.7 Å². The third-order valence-corrected chi connectivity index (χ3v) is 5.00. The maximum absolute atomic E-state index is 12.5. The Labute approximate surface area is 143 Å². The van der Waals surface area contributed by atoms with Crippen LogP contribution in [0, 0.1) is 0 Å². The van der Waals surface area contributed by atoms with Gasteiger partial charge in [0.15, 0.2) is 9.57 Å². The quantitative estimate of drug-likeness (QED) is 0.684. The van der Waals surface area contributed by atoms with Crippen molar-refractivity contribution in [2.45, 2.75) is 5.25 Å². The van der Waals surface area contributed by atoms with Gasteiger partial charge in [-0.25, -0.2) is 10.0 Å². The molecular formula is C16H15N3O2S2. The Bertz CT molecular complexity index is 802. The fraction of sp³-hybridized carbons (Fsp3) is 0.188. The fourth-order valence-electron chi connectivity index (χ4n) is 2.46. The van der Waals surface area contributed by atoms with E-state index in [-0.39, 0.29) is 11.8 Å². The normalized spacial score (nSPS) is 18.0. The van der Waals surface area contributed by atoms with Crippen molar-refractivity contribution in [2.24, 2.45) is 0 Å². The second kappa shape index (κ2) is 6.27. The number of thioether (sulfide) groups is 1. The van der Waals surface area contributed by atoms with Crippen LogP contribution in [0.4, 0.5) is 5.69 Å². The van der Waals surface area contributed by atoms with Gasteiger partial charge in [-0.15, -0.1) is 0 Å². The van der Waals surface area contributed by atoms with Crippen molar-refractivity contribution in [1.82, 2.24) is 10.0 Å². The third-order valence-electron chi connectivity index (χ3n) is 3.51. The molecule has 0 aromatic heterocycles. The van der Waals surface area contributed by atoms with E-state index in [2.05, 4.69) is 5.32 Å². The first kappa shape index (κ1) is 15.9. The number of carbonyl (C=O) groups excluding carboxylic acids is 2. The standard InChI is InChI=1S/C16H15N3O2S2/c1-18(2)19-15(21)13(23-16(19)22)14(20)17-12-9-5-7-10-6-3-4-8-11(10)12/h3-9,13H,1-2H3,(H,17,20)/t13-/m0/s1. The molecule has 0 unspecified atom stereocenters. The molecule has 1 heterocycles. The summed E-state index contributed by atoms with van der Waals surface area (Å²) in [6, 6.07) is 13.4. The molecule has 1 saturated heterocycles. The molecule has 7 heteroatoms. The molecule has 2 amide bonds. The van der Waals surface area contributed by atoms with Crippen LogP contribution < -0.4 is 5.32 Å². The molecular weight excluding hydrogens is 330 g/mol. The predicted molar refractivity (Wildman–Crippen MR) is 97.1 cm³/mol. The molecule has 1 aliphatic rings. The number of amides is 2. The zero-order chi connectivity index (χ0) is 16.6. The first-order valence-electron chi connectivity index (χ1n) is 6.99. The van der Waals surface area contributed by atoms with Crippen molar-refractivity contribution < 1.29 is 9.59 Å². The average molecular weight is 345 g/mol. The number of hydrazine groups is 1. The lowest BCUT2D eigenvalue weighted by atomic mass is 10.1. The molecule has 0 radical (unpaired) electrons. The average Bonchev–Trinajstić information content (AvgIpc) is 2.82. The monoisotopic (exact) mass is 345 g/mol. The number of hydrogen-bond donors (Lipinski definition) is 1. The molecule has 0 spiro atoms. The lowest BCUT2D eigenvalue weighted by Gasteiger charge is -2.22. The van der Waals surface area contributed by atoms with Crippen LogP contribution in [-0.4, -0.2) is 45.5 Å². The summed E-state index contributed by atoms with van der Waals surface area (Å²) in [4.78, 5) is 24.9. The molecule has 1 atom stereocenters. The van der Waals surface area contributed by atoms with Crippen LogP contribution in [0.5, 0.6) is 0 Å². The minimum atomic E-state index is -0.858. The number of thiocarbonyl (C=S) groups is 1. The molecule has 0 bridgehead atoms. The van der Waals surface area contributed by atoms with E-state index in [0.717, 1.165) is 22.5 Å². The third kappa shape index (κ3) is 2.95. The molecule has 2 aromatic carbocycles. The maximum Gasteiger partial charge on any atom is 0.265 e. The van der Waals surface area contributed by atoms with Crippen molar-refractivity contribution >= 4 is 56.6 Å². The van der Waals surface area contributed by atoms with Crippen LogP contribution in [-0.2, 0) is 9.59 Å². The number of nitrogens with zero attached hydrogens (tertiary/aromatic N) is 2. The smallest absolute Gasteiger partial charge is 0.265 e. The molecule has 1 aliphatic heterocycles. The second-order valence-electron chi connectivity index (χ2n) is 5.28. The maximum atomic E-state index is 12.5. The summed E-state index contributed by atoms with van der Waals surface area (Å²) in [5, 5.41) is 6.89. The van der Waals surface area contributed by atoms with Crippen LogP contribution >= 0.6 is 24.0 Å². The Hall–Kier alpha value is -1.96. The van der Waals surface area contributed by atoms with Gasteiger partial charge in [-0.2, -0.15) is 0 Å². The summed E-state index contributed by atoms with van der Waals surface area (Å²) in [7, 11) is 3.44. The Morgan fingerprint density at radius 2 is 1.91 bits per heavy atom. The summed E-state index contributed by atoms with van der Waals surface area (Å²) in [6.45, 7) is 0. The summed E-state index contributed by atoms with van der Waals surface area (Å²) in [6.07, 6.45) is 0. The van der Waals surface area contributed by atoms with Gasteiger partial charge in [-0.05, 0) is 11.5 Å². The molecule has 1 N–H and O–H groups in total. The number of fused-ring (bicyclic) bond motifs is 1. The molecule has 0 aliphatic carbocycles. The molecule has 23 heavy (non-hydrogen) atoms. The SMILES string of the molecule is CN(C)N1C(=O)[C@H](C(=O)Nc2cccc3ccccc23)SC1=S. The highest BCUT2D eigenvalue weighted by Crippen LogP contribution is 2.30. The van der Waals surface area contributed by atoms with E-state index in [4.69, 9.17) is 12.2 Å². The van der Waals surface area contributed by atoms with E-state index in [0.29, 0.717) is 10.0 Å². The first-order valence-corrected chi connectivity index (χ1v) is 8.28. The number of rotatable bonds is 3. The minimum absolute atomic E-state index is 0.317. The number of hydrogen-bond acceptors (Lipinski definition) is 5. The molecule has 1 fully saturated rings. The van der Waals surface area contributed by atoms with Gasteiger partial charge >= 0.3 is 0 Å². The Balaban J connectivity index is 1.85. The molecule has 3 rings (SSSR count). The van der Waals surface area contributed by atoms with Crippen molar-refractivity contribution in [1.29, 1.82) is 0 Å². The van der Waals surface area contributed by atoms with Gasteiger partial charge < -0.3 is 5.32 Å².